The van der Waals surface area contributed by atoms with Gasteiger partial charge in [-0.15, -0.1) is 5.06 Å². The van der Waals surface area contributed by atoms with Crippen molar-refractivity contribution < 1.29 is 24.0 Å². The van der Waals surface area contributed by atoms with E-state index in [0.29, 0.717) is 11.7 Å². The van der Waals surface area contributed by atoms with Crippen LogP contribution in [0.4, 0.5) is 0 Å². The van der Waals surface area contributed by atoms with Crippen LogP contribution in [0.15, 0.2) is 0 Å². The van der Waals surface area contributed by atoms with Crippen LogP contribution in [0.2, 0.25) is 0 Å². The van der Waals surface area contributed by atoms with Gasteiger partial charge in [0, 0.05) is 19.4 Å². The van der Waals surface area contributed by atoms with E-state index < -0.39 is 23.5 Å². The molecule has 1 rings (SSSR count). The van der Waals surface area contributed by atoms with Crippen LogP contribution in [-0.2, 0) is 24.0 Å². The zero-order valence-electron chi connectivity index (χ0n) is 10.6. The minimum atomic E-state index is -0.924. The summed E-state index contributed by atoms with van der Waals surface area (Å²) in [5.41, 5.74) is 4.84. The van der Waals surface area contributed by atoms with Gasteiger partial charge in [-0.05, 0) is 20.3 Å². The monoisotopic (exact) mass is 258 g/mol. The van der Waals surface area contributed by atoms with Crippen LogP contribution >= 0.6 is 0 Å². The number of ether oxygens (including phenoxy) is 1. The summed E-state index contributed by atoms with van der Waals surface area (Å²) in [6.07, 6.45) is 0.388. The number of imide groups is 1. The van der Waals surface area contributed by atoms with E-state index in [-0.39, 0.29) is 25.7 Å². The van der Waals surface area contributed by atoms with Crippen LogP contribution in [0.25, 0.3) is 0 Å². The predicted molar refractivity (Wildman–Crippen MR) is 60.6 cm³/mol. The molecule has 0 bridgehead atoms. The van der Waals surface area contributed by atoms with Gasteiger partial charge in [-0.3, -0.25) is 9.59 Å². The third-order valence-corrected chi connectivity index (χ3v) is 2.50. The average Bonchev–Trinajstić information content (AvgIpc) is 2.58. The molecule has 102 valence electrons. The van der Waals surface area contributed by atoms with Gasteiger partial charge in [0.2, 0.25) is 0 Å². The Morgan fingerprint density at radius 2 is 1.94 bits per heavy atom. The van der Waals surface area contributed by atoms with Gasteiger partial charge < -0.3 is 15.3 Å². The van der Waals surface area contributed by atoms with Crippen LogP contribution in [0.3, 0.4) is 0 Å². The second kappa shape index (κ2) is 5.92. The largest absolute Gasteiger partial charge is 0.361 e. The van der Waals surface area contributed by atoms with Crippen molar-refractivity contribution in [3.63, 3.8) is 0 Å². The number of hydrogen-bond donors (Lipinski definition) is 1. The Hall–Kier alpha value is -1.47. The van der Waals surface area contributed by atoms with Crippen molar-refractivity contribution in [2.45, 2.75) is 45.3 Å². The summed E-state index contributed by atoms with van der Waals surface area (Å²) in [7, 11) is 0. The van der Waals surface area contributed by atoms with Gasteiger partial charge in [0.15, 0.2) is 0 Å². The van der Waals surface area contributed by atoms with E-state index in [0.717, 1.165) is 0 Å². The first kappa shape index (κ1) is 14.6. The van der Waals surface area contributed by atoms with Gasteiger partial charge >= 0.3 is 5.97 Å². The first-order valence-corrected chi connectivity index (χ1v) is 5.85. The second-order valence-electron chi connectivity index (χ2n) is 4.29. The molecule has 1 fully saturated rings. The number of carbonyl (C=O) groups excluding carboxylic acids is 3. The molecule has 2 N–H and O–H groups in total. The maximum Gasteiger partial charge on any atom is 0.333 e. The van der Waals surface area contributed by atoms with Crippen LogP contribution in [0.1, 0.15) is 39.5 Å². The summed E-state index contributed by atoms with van der Waals surface area (Å²) in [5.74, 6) is -1.66. The molecule has 0 aliphatic carbocycles. The van der Waals surface area contributed by atoms with Crippen LogP contribution in [-0.4, -0.2) is 35.2 Å². The number of amides is 2. The molecule has 7 nitrogen and oxygen atoms in total. The Balaban J connectivity index is 2.38. The molecule has 0 aromatic rings. The maximum absolute atomic E-state index is 11.5. The van der Waals surface area contributed by atoms with Gasteiger partial charge in [0.1, 0.15) is 5.72 Å². The molecule has 1 heterocycles. The van der Waals surface area contributed by atoms with E-state index in [2.05, 4.69) is 0 Å². The Morgan fingerprint density at radius 1 is 1.39 bits per heavy atom. The zero-order chi connectivity index (χ0) is 13.8. The number of hydrogen-bond acceptors (Lipinski definition) is 6. The lowest BCUT2D eigenvalue weighted by Crippen LogP contribution is -2.40. The molecule has 0 aromatic heterocycles. The van der Waals surface area contributed by atoms with E-state index in [1.165, 1.54) is 0 Å². The fourth-order valence-electron chi connectivity index (χ4n) is 1.56. The molecule has 1 unspecified atom stereocenters. The van der Waals surface area contributed by atoms with E-state index >= 15 is 0 Å². The molecule has 1 aliphatic heterocycles. The SMILES string of the molecule is CCOC(C)(N)CCC(=O)ON1C(=O)CCC1=O. The number of hydroxylamine groups is 2. The summed E-state index contributed by atoms with van der Waals surface area (Å²) in [4.78, 5) is 38.6. The predicted octanol–water partition coefficient (Wildman–Crippen LogP) is 0.0852. The molecule has 0 saturated carbocycles. The fourth-order valence-corrected chi connectivity index (χ4v) is 1.56. The topological polar surface area (TPSA) is 98.9 Å². The Kier molecular flexibility index (Phi) is 4.80. The Bertz CT molecular complexity index is 337. The quantitative estimate of drug-likeness (QED) is 0.535. The van der Waals surface area contributed by atoms with E-state index in [9.17, 15) is 14.4 Å². The molecular formula is C11H18N2O5. The smallest absolute Gasteiger partial charge is 0.333 e. The highest BCUT2D eigenvalue weighted by atomic mass is 16.7. The molecule has 2 amide bonds. The van der Waals surface area contributed by atoms with Gasteiger partial charge in [-0.1, -0.05) is 0 Å². The molecule has 1 saturated heterocycles. The first-order valence-electron chi connectivity index (χ1n) is 5.85. The Morgan fingerprint density at radius 3 is 2.44 bits per heavy atom. The second-order valence-corrected chi connectivity index (χ2v) is 4.29. The first-order chi connectivity index (χ1) is 8.35. The summed E-state index contributed by atoms with van der Waals surface area (Å²) in [5, 5.41) is 0.525. The highest BCUT2D eigenvalue weighted by molar-refractivity contribution is 6.01. The van der Waals surface area contributed by atoms with Crippen molar-refractivity contribution in [2.24, 2.45) is 5.73 Å². The zero-order valence-corrected chi connectivity index (χ0v) is 10.6. The number of nitrogens with two attached hydrogens (primary N) is 1. The number of nitrogens with zero attached hydrogens (tertiary/aromatic N) is 1. The average molecular weight is 258 g/mol. The molecule has 1 aliphatic rings. The van der Waals surface area contributed by atoms with Crippen LogP contribution in [0.5, 0.6) is 0 Å². The summed E-state index contributed by atoms with van der Waals surface area (Å²) >= 11 is 0. The van der Waals surface area contributed by atoms with Crippen molar-refractivity contribution >= 4 is 17.8 Å². The lowest BCUT2D eigenvalue weighted by molar-refractivity contribution is -0.198. The third kappa shape index (κ3) is 4.08. The highest BCUT2D eigenvalue weighted by Crippen LogP contribution is 2.15. The summed E-state index contributed by atoms with van der Waals surface area (Å²) < 4.78 is 5.21. The molecule has 0 aromatic carbocycles. The van der Waals surface area contributed by atoms with Crippen molar-refractivity contribution in [3.05, 3.63) is 0 Å². The fraction of sp³-hybridized carbons (Fsp3) is 0.727. The third-order valence-electron chi connectivity index (χ3n) is 2.50. The summed E-state index contributed by atoms with van der Waals surface area (Å²) in [6.45, 7) is 3.88. The van der Waals surface area contributed by atoms with E-state index in [4.69, 9.17) is 15.3 Å². The molecular weight excluding hydrogens is 240 g/mol. The number of rotatable bonds is 6. The van der Waals surface area contributed by atoms with Gasteiger partial charge in [-0.25, -0.2) is 4.79 Å². The number of carbonyl (C=O) groups is 3. The summed E-state index contributed by atoms with van der Waals surface area (Å²) in [6, 6.07) is 0. The van der Waals surface area contributed by atoms with Crippen molar-refractivity contribution in [1.82, 2.24) is 5.06 Å². The van der Waals surface area contributed by atoms with E-state index in [1.807, 2.05) is 0 Å². The van der Waals surface area contributed by atoms with Crippen molar-refractivity contribution in [3.8, 4) is 0 Å². The normalized spacial score (nSPS) is 18.9. The van der Waals surface area contributed by atoms with Crippen LogP contribution < -0.4 is 5.73 Å². The van der Waals surface area contributed by atoms with E-state index in [1.54, 1.807) is 13.8 Å². The lowest BCUT2D eigenvalue weighted by atomic mass is 10.1. The maximum atomic E-state index is 11.5. The Labute approximate surface area is 105 Å². The van der Waals surface area contributed by atoms with Gasteiger partial charge in [-0.2, -0.15) is 0 Å². The molecule has 18 heavy (non-hydrogen) atoms. The standard InChI is InChI=1S/C11H18N2O5/c1-3-17-11(2,12)7-6-10(16)18-13-8(14)4-5-9(13)15/h3-7,12H2,1-2H3. The molecule has 0 radical (unpaired) electrons. The van der Waals surface area contributed by atoms with Gasteiger partial charge in [0.05, 0.1) is 6.42 Å². The molecule has 1 atom stereocenters. The highest BCUT2D eigenvalue weighted by Gasteiger charge is 2.33. The molecule has 7 heteroatoms. The minimum Gasteiger partial charge on any atom is -0.361 e. The van der Waals surface area contributed by atoms with Crippen molar-refractivity contribution in [2.75, 3.05) is 6.61 Å². The lowest BCUT2D eigenvalue weighted by Gasteiger charge is -2.24. The molecule has 0 spiro atoms. The van der Waals surface area contributed by atoms with Crippen LogP contribution in [0, 0.1) is 0 Å². The van der Waals surface area contributed by atoms with Gasteiger partial charge in [0.25, 0.3) is 11.8 Å². The minimum absolute atomic E-state index is 0.0238. The van der Waals surface area contributed by atoms with Crippen molar-refractivity contribution in [1.29, 1.82) is 0 Å².